The van der Waals surface area contributed by atoms with Crippen LogP contribution in [0.1, 0.15) is 140 Å². The molecule has 2 aromatic rings. The summed E-state index contributed by atoms with van der Waals surface area (Å²) in [6, 6.07) is 3.09. The molecule has 2 fully saturated rings. The molecule has 100 heavy (non-hydrogen) atoms. The Balaban J connectivity index is 1.86. The van der Waals surface area contributed by atoms with Gasteiger partial charge in [-0.05, 0) is 117 Å². The number of benzene rings is 2. The number of likely N-dealkylation sites (N-methyl/N-ethyl adjacent to an activating group) is 7. The van der Waals surface area contributed by atoms with Gasteiger partial charge in [0.25, 0.3) is 11.8 Å². The number of hydrogen-bond acceptors (Lipinski definition) is 16. The Labute approximate surface area is 591 Å². The van der Waals surface area contributed by atoms with E-state index in [-0.39, 0.29) is 44.7 Å². The summed E-state index contributed by atoms with van der Waals surface area (Å²) >= 11 is 0. The number of likely N-dealkylation sites (tertiary alicyclic amines) is 1. The van der Waals surface area contributed by atoms with E-state index in [9.17, 15) is 62.6 Å². The van der Waals surface area contributed by atoms with Crippen LogP contribution < -0.4 is 21.3 Å². The molecule has 4 rings (SSSR count). The van der Waals surface area contributed by atoms with Gasteiger partial charge in [0.05, 0.1) is 43.0 Å². The van der Waals surface area contributed by atoms with Crippen LogP contribution in [0.2, 0.25) is 0 Å². The molecule has 2 heterocycles. The van der Waals surface area contributed by atoms with Crippen LogP contribution >= 0.6 is 0 Å². The minimum absolute atomic E-state index is 0.00815. The number of Topliss-reactive ketones (excluding diaryl/α,β-unsaturated/α-hetero) is 2. The normalized spacial score (nSPS) is 27.2. The molecule has 13 atom stereocenters. The van der Waals surface area contributed by atoms with Crippen LogP contribution in [0.25, 0.3) is 0 Å². The van der Waals surface area contributed by atoms with Crippen molar-refractivity contribution in [3.05, 3.63) is 71.8 Å². The third-order valence-corrected chi connectivity index (χ3v) is 19.4. The average molecular weight is 1400 g/mol. The minimum atomic E-state index is -1.95. The number of rotatable bonds is 11. The standard InChI is InChI=1S/C73H114N12O15/c1-43(2)36-57-70(97)79(15)46(6)58(87)39-53(50(10)86)40-60(89)78(14)48(8)68(95)84(20)62(44(3)4)65(92)76-55(42-100-73(11,12)13)64(91)77-61(72(99)85-34-28-23-29-35-85)71(98)81(17)49(9)67(94)82(18)56(38-52-32-26-22-27-33-52)59(88)41-74-45(5)66(93)80(16)47(7)63(90)75-54(69(96)83(57)19)37-51-30-24-21-25-31-51/h21-22,24-27,30-33,43-50,53-57,61-62,74,86H,23,28-29,34-42H2,1-20H3,(H,75,90)(H,76,92)(H,77,91)/t45-,46-,47-,48-,49+,50+,53+,54-,55-,56-,57-,61-,62-/m0/s1. The Morgan fingerprint density at radius 3 is 1.55 bits per heavy atom. The molecule has 2 aromatic carbocycles. The van der Waals surface area contributed by atoms with Gasteiger partial charge >= 0.3 is 0 Å². The first-order chi connectivity index (χ1) is 46.6. The molecule has 2 aliphatic rings. The van der Waals surface area contributed by atoms with Gasteiger partial charge in [-0.1, -0.05) is 88.4 Å². The lowest BCUT2D eigenvalue weighted by atomic mass is 9.90. The van der Waals surface area contributed by atoms with Crippen LogP contribution in [-0.2, 0) is 79.9 Å². The molecule has 556 valence electrons. The number of ketones is 2. The maximum atomic E-state index is 15.0. The molecule has 0 aromatic heterocycles. The van der Waals surface area contributed by atoms with Gasteiger partial charge in [0.1, 0.15) is 42.3 Å². The van der Waals surface area contributed by atoms with E-state index >= 15 is 4.79 Å². The summed E-state index contributed by atoms with van der Waals surface area (Å²) in [6.45, 7) is 20.5. The summed E-state index contributed by atoms with van der Waals surface area (Å²) in [5, 5.41) is 22.2. The zero-order chi connectivity index (χ0) is 75.5. The van der Waals surface area contributed by atoms with Gasteiger partial charge in [-0.2, -0.15) is 0 Å². The number of hydrogen-bond donors (Lipinski definition) is 5. The fraction of sp³-hybridized carbons (Fsp3) is 0.658. The molecule has 11 amide bonds. The van der Waals surface area contributed by atoms with E-state index < -0.39 is 186 Å². The number of carbonyl (C=O) groups is 13. The molecular formula is C73H114N12O15. The molecule has 0 spiro atoms. The van der Waals surface area contributed by atoms with Crippen molar-refractivity contribution in [1.82, 2.24) is 60.5 Å². The summed E-state index contributed by atoms with van der Waals surface area (Å²) in [5.41, 5.74) is 0.430. The number of ether oxygens (including phenoxy) is 1. The Bertz CT molecular complexity index is 3170. The fourth-order valence-electron chi connectivity index (χ4n) is 12.2. The third-order valence-electron chi connectivity index (χ3n) is 19.4. The Morgan fingerprint density at radius 1 is 0.520 bits per heavy atom. The van der Waals surface area contributed by atoms with E-state index in [4.69, 9.17) is 4.74 Å². The van der Waals surface area contributed by atoms with Crippen molar-refractivity contribution in [2.45, 2.75) is 220 Å². The van der Waals surface area contributed by atoms with Crippen molar-refractivity contribution in [3.63, 3.8) is 0 Å². The molecule has 2 aliphatic heterocycles. The predicted octanol–water partition coefficient (Wildman–Crippen LogP) is 2.23. The first kappa shape index (κ1) is 84.2. The Kier molecular flexibility index (Phi) is 32.0. The van der Waals surface area contributed by atoms with Crippen molar-refractivity contribution in [2.24, 2.45) is 17.8 Å². The van der Waals surface area contributed by atoms with Gasteiger partial charge in [-0.3, -0.25) is 67.6 Å². The van der Waals surface area contributed by atoms with Gasteiger partial charge in [-0.15, -0.1) is 0 Å². The van der Waals surface area contributed by atoms with E-state index in [2.05, 4.69) is 21.3 Å². The minimum Gasteiger partial charge on any atom is -0.393 e. The fourth-order valence-corrected chi connectivity index (χ4v) is 12.2. The number of carbonyl (C=O) groups excluding carboxylic acids is 13. The van der Waals surface area contributed by atoms with Crippen LogP contribution in [-0.4, -0.2) is 275 Å². The monoisotopic (exact) mass is 1400 g/mol. The maximum absolute atomic E-state index is 15.0. The van der Waals surface area contributed by atoms with Crippen LogP contribution in [0.3, 0.4) is 0 Å². The van der Waals surface area contributed by atoms with Crippen LogP contribution in [0.4, 0.5) is 0 Å². The Hall–Kier alpha value is -8.17. The SMILES string of the molecule is CC(C)C[C@H]1C(=O)N(C)[C@@H](C)C(=O)C[C@@H]([C@@H](C)O)CC(=O)N(C)[C@@H](C)C(=O)N(C)[C@@H](C(C)C)C(=O)N[C@@H](COC(C)(C)C)C(=O)N[C@H](C(=O)N2CCCCC2)C(=O)N(C)[C@H](C)C(=O)N(C)[C@@H](Cc2ccccc2)C(=O)CN[C@@H](C)C(=O)N(C)[C@@H](C)C(=O)N[C@@H](Cc2ccccc2)C(=O)N1C. The van der Waals surface area contributed by atoms with Crippen molar-refractivity contribution in [1.29, 1.82) is 0 Å². The molecular weight excluding hydrogens is 1280 g/mol. The molecule has 27 heteroatoms. The summed E-state index contributed by atoms with van der Waals surface area (Å²) in [7, 11) is 9.65. The molecule has 0 radical (unpaired) electrons. The maximum Gasteiger partial charge on any atom is 0.255 e. The molecule has 0 bridgehead atoms. The molecule has 27 nitrogen and oxygen atoms in total. The summed E-state index contributed by atoms with van der Waals surface area (Å²) in [5.74, 6) is -11.2. The van der Waals surface area contributed by atoms with Crippen molar-refractivity contribution < 1.29 is 72.2 Å². The summed E-state index contributed by atoms with van der Waals surface area (Å²) in [6.07, 6.45) is 0.0579. The highest BCUT2D eigenvalue weighted by atomic mass is 16.5. The van der Waals surface area contributed by atoms with Gasteiger partial charge < -0.3 is 65.0 Å². The van der Waals surface area contributed by atoms with Crippen LogP contribution in [0.15, 0.2) is 60.7 Å². The molecule has 5 N–H and O–H groups in total. The lowest BCUT2D eigenvalue weighted by molar-refractivity contribution is -0.152. The zero-order valence-corrected chi connectivity index (χ0v) is 62.7. The second-order valence-electron chi connectivity index (χ2n) is 29.0. The van der Waals surface area contributed by atoms with E-state index in [1.54, 1.807) is 95.3 Å². The van der Waals surface area contributed by atoms with Crippen LogP contribution in [0, 0.1) is 17.8 Å². The number of aliphatic hydroxyl groups excluding tert-OH is 1. The Morgan fingerprint density at radius 2 is 1.02 bits per heavy atom. The summed E-state index contributed by atoms with van der Waals surface area (Å²) < 4.78 is 6.07. The number of amides is 11. The van der Waals surface area contributed by atoms with Gasteiger partial charge in [0, 0.05) is 87.6 Å². The molecule has 0 aliphatic carbocycles. The largest absolute Gasteiger partial charge is 0.393 e. The topological polar surface area (TPSA) is 325 Å². The van der Waals surface area contributed by atoms with Crippen LogP contribution in [0.5, 0.6) is 0 Å². The highest BCUT2D eigenvalue weighted by Crippen LogP contribution is 2.24. The molecule has 2 saturated heterocycles. The van der Waals surface area contributed by atoms with Crippen molar-refractivity contribution in [2.75, 3.05) is 75.6 Å². The lowest BCUT2D eigenvalue weighted by Gasteiger charge is -2.37. The number of aliphatic hydroxyl groups is 1. The lowest BCUT2D eigenvalue weighted by Crippen LogP contribution is -2.64. The molecule has 0 unspecified atom stereocenters. The van der Waals surface area contributed by atoms with Crippen molar-refractivity contribution in [3.8, 4) is 0 Å². The highest BCUT2D eigenvalue weighted by Gasteiger charge is 2.44. The number of piperidine rings is 1. The van der Waals surface area contributed by atoms with E-state index in [0.29, 0.717) is 24.0 Å². The van der Waals surface area contributed by atoms with E-state index in [1.165, 1.54) is 110 Å². The first-order valence-corrected chi connectivity index (χ1v) is 34.9. The highest BCUT2D eigenvalue weighted by molar-refractivity contribution is 6.09. The molecule has 0 saturated carbocycles. The van der Waals surface area contributed by atoms with Gasteiger partial charge in [-0.25, -0.2) is 0 Å². The predicted molar refractivity (Wildman–Crippen MR) is 377 cm³/mol. The van der Waals surface area contributed by atoms with Crippen molar-refractivity contribution >= 4 is 76.5 Å². The summed E-state index contributed by atoms with van der Waals surface area (Å²) in [4.78, 5) is 200. The quantitative estimate of drug-likeness (QED) is 0.202. The smallest absolute Gasteiger partial charge is 0.255 e. The second kappa shape index (κ2) is 38.0. The number of nitrogens with one attached hydrogen (secondary N) is 4. The zero-order valence-electron chi connectivity index (χ0n) is 62.7. The van der Waals surface area contributed by atoms with E-state index in [1.807, 2.05) is 13.8 Å². The average Bonchev–Trinajstić information content (AvgIpc) is 0.824. The number of nitrogens with zero attached hydrogens (tertiary/aromatic N) is 8. The third kappa shape index (κ3) is 23.2. The van der Waals surface area contributed by atoms with E-state index in [0.717, 1.165) is 26.0 Å². The first-order valence-electron chi connectivity index (χ1n) is 34.9. The van der Waals surface area contributed by atoms with Gasteiger partial charge in [0.2, 0.25) is 53.2 Å². The second-order valence-corrected chi connectivity index (χ2v) is 29.0. The van der Waals surface area contributed by atoms with Gasteiger partial charge in [0.15, 0.2) is 17.6 Å².